The summed E-state index contributed by atoms with van der Waals surface area (Å²) in [4.78, 5) is 32.0. The first kappa shape index (κ1) is 13.3. The molecule has 1 aliphatic heterocycles. The highest BCUT2D eigenvalue weighted by molar-refractivity contribution is 5.75. The predicted molar refractivity (Wildman–Crippen MR) is 54.8 cm³/mol. The van der Waals surface area contributed by atoms with Crippen LogP contribution in [0.25, 0.3) is 0 Å². The van der Waals surface area contributed by atoms with Gasteiger partial charge in [0.25, 0.3) is 0 Å². The number of rotatable bonds is 5. The molecule has 1 heterocycles. The number of nitrogens with two attached hydrogens (primary N) is 1. The van der Waals surface area contributed by atoms with Crippen molar-refractivity contribution < 1.29 is 19.1 Å². The van der Waals surface area contributed by atoms with Crippen LogP contribution in [-0.4, -0.2) is 54.5 Å². The number of esters is 1. The Balaban J connectivity index is 2.54. The summed E-state index contributed by atoms with van der Waals surface area (Å²) in [6.45, 7) is 1.66. The fourth-order valence-electron chi connectivity index (χ4n) is 1.39. The number of nitroso groups, excluding NO2 is 1. The molecule has 1 atom stereocenters. The van der Waals surface area contributed by atoms with Crippen molar-refractivity contribution >= 4 is 11.9 Å². The number of morpholine rings is 1. The van der Waals surface area contributed by atoms with Crippen molar-refractivity contribution in [3.8, 4) is 0 Å². The molecule has 2 N–H and O–H groups in total. The van der Waals surface area contributed by atoms with Crippen LogP contribution in [-0.2, 0) is 19.1 Å². The van der Waals surface area contributed by atoms with Crippen molar-refractivity contribution in [2.75, 3.05) is 26.2 Å². The highest BCUT2D eigenvalue weighted by Gasteiger charge is 2.27. The number of hydrogen-bond donors (Lipinski definition) is 1. The van der Waals surface area contributed by atoms with Gasteiger partial charge in [0.05, 0.1) is 18.4 Å². The second-order valence-corrected chi connectivity index (χ2v) is 3.40. The van der Waals surface area contributed by atoms with Crippen LogP contribution in [0.1, 0.15) is 6.92 Å². The van der Waals surface area contributed by atoms with Gasteiger partial charge in [0.15, 0.2) is 0 Å². The normalized spacial score (nSPS) is 20.6. The molecule has 17 heavy (non-hydrogen) atoms. The molecule has 0 aromatic rings. The summed E-state index contributed by atoms with van der Waals surface area (Å²) in [7, 11) is 0. The lowest BCUT2D eigenvalue weighted by Crippen LogP contribution is -2.52. The number of primary amides is 1. The second-order valence-electron chi connectivity index (χ2n) is 3.40. The molecule has 0 saturated carbocycles. The summed E-state index contributed by atoms with van der Waals surface area (Å²) in [6, 6.07) is 0. The standard InChI is InChI=1S/C8H14N4O5/c1-6(13)17-8-5-11(2-3-16-8)12(10-15)4-7(9)14/h8H,2-5H2,1H3,(H2,9,14). The highest BCUT2D eigenvalue weighted by atomic mass is 16.7. The molecule has 0 aromatic heterocycles. The van der Waals surface area contributed by atoms with Gasteiger partial charge in [-0.1, -0.05) is 0 Å². The monoisotopic (exact) mass is 246 g/mol. The van der Waals surface area contributed by atoms with Gasteiger partial charge in [-0.25, -0.2) is 0 Å². The summed E-state index contributed by atoms with van der Waals surface area (Å²) in [5.41, 5.74) is 4.97. The fourth-order valence-corrected chi connectivity index (χ4v) is 1.39. The Morgan fingerprint density at radius 3 is 2.88 bits per heavy atom. The van der Waals surface area contributed by atoms with E-state index in [0.29, 0.717) is 6.54 Å². The average Bonchev–Trinajstić information content (AvgIpc) is 2.25. The Morgan fingerprint density at radius 1 is 1.65 bits per heavy atom. The second kappa shape index (κ2) is 6.11. The minimum absolute atomic E-state index is 0.124. The van der Waals surface area contributed by atoms with Gasteiger partial charge < -0.3 is 15.2 Å². The number of hydrogen-bond acceptors (Lipinski definition) is 7. The first-order chi connectivity index (χ1) is 8.02. The number of amides is 1. The predicted octanol–water partition coefficient (Wildman–Crippen LogP) is -1.41. The third-order valence-corrected chi connectivity index (χ3v) is 2.03. The molecule has 0 aliphatic carbocycles. The van der Waals surface area contributed by atoms with Crippen molar-refractivity contribution in [3.05, 3.63) is 4.91 Å². The molecule has 96 valence electrons. The van der Waals surface area contributed by atoms with Crippen LogP contribution in [0.15, 0.2) is 5.29 Å². The van der Waals surface area contributed by atoms with E-state index in [1.165, 1.54) is 11.9 Å². The van der Waals surface area contributed by atoms with Crippen LogP contribution < -0.4 is 5.73 Å². The topological polar surface area (TPSA) is 115 Å². The van der Waals surface area contributed by atoms with E-state index in [1.807, 2.05) is 0 Å². The van der Waals surface area contributed by atoms with Crippen molar-refractivity contribution in [3.63, 3.8) is 0 Å². The summed E-state index contributed by atoms with van der Waals surface area (Å²) in [5.74, 6) is -1.17. The lowest BCUT2D eigenvalue weighted by molar-refractivity contribution is -0.215. The largest absolute Gasteiger partial charge is 0.434 e. The molecule has 1 amide bonds. The van der Waals surface area contributed by atoms with E-state index in [1.54, 1.807) is 0 Å². The number of carbonyl (C=O) groups is 2. The maximum atomic E-state index is 10.7. The molecule has 9 nitrogen and oxygen atoms in total. The van der Waals surface area contributed by atoms with E-state index in [2.05, 4.69) is 5.29 Å². The summed E-state index contributed by atoms with van der Waals surface area (Å²) >= 11 is 0. The zero-order chi connectivity index (χ0) is 12.8. The minimum Gasteiger partial charge on any atom is -0.434 e. The lowest BCUT2D eigenvalue weighted by atomic mass is 10.4. The number of carbonyl (C=O) groups excluding carboxylic acids is 2. The summed E-state index contributed by atoms with van der Waals surface area (Å²) in [5, 5.41) is 5.01. The smallest absolute Gasteiger partial charge is 0.304 e. The van der Waals surface area contributed by atoms with Gasteiger partial charge in [0.1, 0.15) is 6.54 Å². The van der Waals surface area contributed by atoms with E-state index < -0.39 is 18.2 Å². The van der Waals surface area contributed by atoms with Crippen molar-refractivity contribution in [2.45, 2.75) is 13.2 Å². The van der Waals surface area contributed by atoms with E-state index in [4.69, 9.17) is 15.2 Å². The fraction of sp³-hybridized carbons (Fsp3) is 0.750. The van der Waals surface area contributed by atoms with Crippen molar-refractivity contribution in [2.24, 2.45) is 11.0 Å². The maximum absolute atomic E-state index is 10.7. The van der Waals surface area contributed by atoms with Crippen LogP contribution in [0.3, 0.4) is 0 Å². The molecule has 0 bridgehead atoms. The highest BCUT2D eigenvalue weighted by Crippen LogP contribution is 2.10. The molecular formula is C8H14N4O5. The molecular weight excluding hydrogens is 232 g/mol. The zero-order valence-electron chi connectivity index (χ0n) is 9.37. The Morgan fingerprint density at radius 2 is 2.35 bits per heavy atom. The van der Waals surface area contributed by atoms with Gasteiger partial charge >= 0.3 is 5.97 Å². The first-order valence-corrected chi connectivity index (χ1v) is 4.95. The van der Waals surface area contributed by atoms with Crippen molar-refractivity contribution in [1.82, 2.24) is 10.1 Å². The van der Waals surface area contributed by atoms with Crippen LogP contribution in [0.2, 0.25) is 0 Å². The minimum atomic E-state index is -0.779. The van der Waals surface area contributed by atoms with Crippen LogP contribution >= 0.6 is 0 Å². The summed E-state index contributed by atoms with van der Waals surface area (Å²) < 4.78 is 9.98. The molecule has 1 unspecified atom stereocenters. The van der Waals surface area contributed by atoms with Crippen molar-refractivity contribution in [1.29, 1.82) is 0 Å². The van der Waals surface area contributed by atoms with E-state index in [-0.39, 0.29) is 19.7 Å². The molecule has 0 aromatic carbocycles. The zero-order valence-corrected chi connectivity index (χ0v) is 9.37. The Hall–Kier alpha value is -1.74. The molecule has 9 heteroatoms. The van der Waals surface area contributed by atoms with Gasteiger partial charge in [-0.3, -0.25) is 9.59 Å². The quantitative estimate of drug-likeness (QED) is 0.360. The lowest BCUT2D eigenvalue weighted by Gasteiger charge is -2.35. The Labute approximate surface area is 97.3 Å². The molecule has 0 radical (unpaired) electrons. The van der Waals surface area contributed by atoms with Gasteiger partial charge in [0, 0.05) is 13.5 Å². The van der Waals surface area contributed by atoms with E-state index >= 15 is 0 Å². The van der Waals surface area contributed by atoms with Crippen LogP contribution in [0.4, 0.5) is 0 Å². The van der Waals surface area contributed by atoms with Gasteiger partial charge in [-0.05, 0) is 0 Å². The maximum Gasteiger partial charge on any atom is 0.304 e. The third kappa shape index (κ3) is 4.33. The number of hydrazine groups is 1. The molecule has 0 spiro atoms. The molecule has 1 aliphatic rings. The SMILES string of the molecule is CC(=O)OC1CN(N(CC(N)=O)N=O)CCO1. The van der Waals surface area contributed by atoms with Gasteiger partial charge in [0.2, 0.25) is 12.2 Å². The van der Waals surface area contributed by atoms with E-state index in [0.717, 1.165) is 5.12 Å². The van der Waals surface area contributed by atoms with E-state index in [9.17, 15) is 14.5 Å². The average molecular weight is 246 g/mol. The number of ether oxygens (including phenoxy) is 2. The Kier molecular flexibility index (Phi) is 4.79. The van der Waals surface area contributed by atoms with Gasteiger partial charge in [-0.2, -0.15) is 10.1 Å². The van der Waals surface area contributed by atoms with Crippen LogP contribution in [0, 0.1) is 4.91 Å². The molecule has 1 saturated heterocycles. The summed E-state index contributed by atoms with van der Waals surface area (Å²) in [6.07, 6.45) is -0.779. The first-order valence-electron chi connectivity index (χ1n) is 4.95. The third-order valence-electron chi connectivity index (χ3n) is 2.03. The molecule has 1 rings (SSSR count). The number of nitrogens with zero attached hydrogens (tertiary/aromatic N) is 3. The Bertz CT molecular complexity index is 310. The molecule has 1 fully saturated rings. The van der Waals surface area contributed by atoms with Crippen LogP contribution in [0.5, 0.6) is 0 Å². The van der Waals surface area contributed by atoms with Gasteiger partial charge in [-0.15, -0.1) is 4.91 Å².